The van der Waals surface area contributed by atoms with E-state index in [4.69, 9.17) is 5.73 Å². The lowest BCUT2D eigenvalue weighted by atomic mass is 10.2. The van der Waals surface area contributed by atoms with Crippen LogP contribution in [0.15, 0.2) is 18.2 Å². The van der Waals surface area contributed by atoms with Gasteiger partial charge in [-0.05, 0) is 43.8 Å². The van der Waals surface area contributed by atoms with Gasteiger partial charge in [0.05, 0.1) is 17.9 Å². The van der Waals surface area contributed by atoms with Crippen LogP contribution in [0, 0.1) is 6.92 Å². The minimum Gasteiger partial charge on any atom is -0.397 e. The molecule has 1 aliphatic rings. The Morgan fingerprint density at radius 3 is 3.00 bits per heavy atom. The fourth-order valence-electron chi connectivity index (χ4n) is 2.21. The zero-order valence-corrected chi connectivity index (χ0v) is 12.3. The highest BCUT2D eigenvalue weighted by molar-refractivity contribution is 7.99. The van der Waals surface area contributed by atoms with E-state index >= 15 is 0 Å². The molecule has 1 amide bonds. The maximum absolute atomic E-state index is 12.0. The van der Waals surface area contributed by atoms with E-state index in [1.54, 1.807) is 0 Å². The molecule has 2 rings (SSSR count). The van der Waals surface area contributed by atoms with E-state index < -0.39 is 0 Å². The van der Waals surface area contributed by atoms with Crippen LogP contribution in [0.4, 0.5) is 11.4 Å². The molecule has 0 radical (unpaired) electrons. The summed E-state index contributed by atoms with van der Waals surface area (Å²) in [4.78, 5) is 14.1. The van der Waals surface area contributed by atoms with Crippen molar-refractivity contribution in [3.05, 3.63) is 23.8 Å². The Balaban J connectivity index is 1.89. The van der Waals surface area contributed by atoms with Gasteiger partial charge < -0.3 is 11.1 Å². The first-order chi connectivity index (χ1) is 9.06. The van der Waals surface area contributed by atoms with Crippen LogP contribution in [0.5, 0.6) is 0 Å². The molecule has 0 spiro atoms. The van der Waals surface area contributed by atoms with Gasteiger partial charge in [-0.3, -0.25) is 9.69 Å². The Bertz CT molecular complexity index is 458. The molecule has 1 heterocycles. The minimum atomic E-state index is -0.00467. The van der Waals surface area contributed by atoms with Crippen LogP contribution in [0.1, 0.15) is 12.0 Å². The smallest absolute Gasteiger partial charge is 0.238 e. The molecule has 1 aromatic rings. The number of nitrogens with one attached hydrogen (secondary N) is 1. The molecule has 1 unspecified atom stereocenters. The van der Waals surface area contributed by atoms with E-state index in [0.717, 1.165) is 11.3 Å². The lowest BCUT2D eigenvalue weighted by Gasteiger charge is -2.22. The minimum absolute atomic E-state index is 0.00467. The van der Waals surface area contributed by atoms with E-state index in [0.29, 0.717) is 24.0 Å². The Hall–Kier alpha value is -1.20. The second-order valence-corrected chi connectivity index (χ2v) is 6.22. The number of anilines is 2. The van der Waals surface area contributed by atoms with Crippen LogP contribution in [0.2, 0.25) is 0 Å². The van der Waals surface area contributed by atoms with E-state index in [1.807, 2.05) is 43.9 Å². The van der Waals surface area contributed by atoms with Crippen LogP contribution in [0.25, 0.3) is 0 Å². The zero-order chi connectivity index (χ0) is 13.8. The summed E-state index contributed by atoms with van der Waals surface area (Å²) >= 11 is 1.95. The number of nitrogens with two attached hydrogens (primary N) is 1. The summed E-state index contributed by atoms with van der Waals surface area (Å²) in [6.45, 7) is 2.39. The Morgan fingerprint density at radius 1 is 1.58 bits per heavy atom. The molecule has 4 nitrogen and oxygen atoms in total. The monoisotopic (exact) mass is 279 g/mol. The first-order valence-electron chi connectivity index (χ1n) is 6.50. The number of thioether (sulfide) groups is 1. The number of hydrogen-bond acceptors (Lipinski definition) is 4. The third-order valence-corrected chi connectivity index (χ3v) is 4.55. The summed E-state index contributed by atoms with van der Waals surface area (Å²) in [5, 5.41) is 2.88. The fourth-order valence-corrected chi connectivity index (χ4v) is 3.51. The maximum Gasteiger partial charge on any atom is 0.238 e. The largest absolute Gasteiger partial charge is 0.397 e. The number of rotatable bonds is 4. The summed E-state index contributed by atoms with van der Waals surface area (Å²) in [7, 11) is 2.01. The number of nitrogen functional groups attached to an aromatic ring is 1. The molecule has 0 aliphatic carbocycles. The van der Waals surface area contributed by atoms with Gasteiger partial charge in [-0.25, -0.2) is 0 Å². The van der Waals surface area contributed by atoms with Crippen LogP contribution < -0.4 is 11.1 Å². The van der Waals surface area contributed by atoms with Crippen molar-refractivity contribution < 1.29 is 4.79 Å². The van der Waals surface area contributed by atoms with Gasteiger partial charge >= 0.3 is 0 Å². The van der Waals surface area contributed by atoms with E-state index in [2.05, 4.69) is 10.2 Å². The number of nitrogens with zero attached hydrogens (tertiary/aromatic N) is 1. The molecule has 1 saturated heterocycles. The van der Waals surface area contributed by atoms with E-state index in [-0.39, 0.29) is 5.91 Å². The van der Waals surface area contributed by atoms with Crippen LogP contribution in [-0.4, -0.2) is 41.9 Å². The highest BCUT2D eigenvalue weighted by Crippen LogP contribution is 2.22. The van der Waals surface area contributed by atoms with Gasteiger partial charge in [0.25, 0.3) is 0 Å². The van der Waals surface area contributed by atoms with Crippen molar-refractivity contribution in [1.29, 1.82) is 0 Å². The number of benzene rings is 1. The molecule has 0 bridgehead atoms. The normalized spacial score (nSPS) is 18.8. The van der Waals surface area contributed by atoms with Gasteiger partial charge in [0.1, 0.15) is 0 Å². The molecular formula is C14H21N3OS. The topological polar surface area (TPSA) is 58.4 Å². The van der Waals surface area contributed by atoms with Gasteiger partial charge in [-0.2, -0.15) is 11.8 Å². The van der Waals surface area contributed by atoms with Crippen molar-refractivity contribution in [3.8, 4) is 0 Å². The number of amides is 1. The number of carbonyl (C=O) groups is 1. The molecule has 19 heavy (non-hydrogen) atoms. The molecule has 5 heteroatoms. The second-order valence-electron chi connectivity index (χ2n) is 5.07. The first-order valence-corrected chi connectivity index (χ1v) is 7.65. The number of aryl methyl sites for hydroxylation is 1. The van der Waals surface area contributed by atoms with Crippen LogP contribution in [0.3, 0.4) is 0 Å². The number of carbonyl (C=O) groups excluding carboxylic acids is 1. The lowest BCUT2D eigenvalue weighted by molar-refractivity contribution is -0.117. The summed E-state index contributed by atoms with van der Waals surface area (Å²) in [5.74, 6) is 2.31. The number of hydrogen-bond donors (Lipinski definition) is 2. The Morgan fingerprint density at radius 2 is 2.37 bits per heavy atom. The molecule has 1 aliphatic heterocycles. The Labute approximate surface area is 118 Å². The summed E-state index contributed by atoms with van der Waals surface area (Å²) < 4.78 is 0. The second kappa shape index (κ2) is 6.30. The van der Waals surface area contributed by atoms with Crippen LogP contribution >= 0.6 is 11.8 Å². The predicted molar refractivity (Wildman–Crippen MR) is 82.6 cm³/mol. The van der Waals surface area contributed by atoms with Crippen molar-refractivity contribution in [1.82, 2.24) is 4.90 Å². The number of likely N-dealkylation sites (N-methyl/N-ethyl adjacent to an activating group) is 1. The van der Waals surface area contributed by atoms with Crippen molar-refractivity contribution >= 4 is 29.0 Å². The Kier molecular flexibility index (Phi) is 4.71. The zero-order valence-electron chi connectivity index (χ0n) is 11.5. The predicted octanol–water partition coefficient (Wildman–Crippen LogP) is 1.95. The third-order valence-electron chi connectivity index (χ3n) is 3.40. The van der Waals surface area contributed by atoms with Gasteiger partial charge in [-0.15, -0.1) is 0 Å². The van der Waals surface area contributed by atoms with Crippen molar-refractivity contribution in [2.24, 2.45) is 0 Å². The average Bonchev–Trinajstić information content (AvgIpc) is 2.86. The highest BCUT2D eigenvalue weighted by Gasteiger charge is 2.21. The molecule has 1 aromatic carbocycles. The molecule has 1 fully saturated rings. The quantitative estimate of drug-likeness (QED) is 0.827. The van der Waals surface area contributed by atoms with Gasteiger partial charge in [0, 0.05) is 11.8 Å². The summed E-state index contributed by atoms with van der Waals surface area (Å²) in [6.07, 6.45) is 1.17. The first kappa shape index (κ1) is 14.2. The highest BCUT2D eigenvalue weighted by atomic mass is 32.2. The molecule has 1 atom stereocenters. The SMILES string of the molecule is Cc1ccc(NC(=O)CN(C)C2CCSC2)c(N)c1. The average molecular weight is 279 g/mol. The van der Waals surface area contributed by atoms with Crippen molar-refractivity contribution in [3.63, 3.8) is 0 Å². The molecule has 3 N–H and O–H groups in total. The molecule has 0 aromatic heterocycles. The third kappa shape index (κ3) is 3.88. The fraction of sp³-hybridized carbons (Fsp3) is 0.500. The van der Waals surface area contributed by atoms with Gasteiger partial charge in [-0.1, -0.05) is 6.07 Å². The summed E-state index contributed by atoms with van der Waals surface area (Å²) in [5.41, 5.74) is 8.30. The van der Waals surface area contributed by atoms with Crippen molar-refractivity contribution in [2.75, 3.05) is 36.1 Å². The molecule has 0 saturated carbocycles. The van der Waals surface area contributed by atoms with Gasteiger partial charge in [0.2, 0.25) is 5.91 Å². The van der Waals surface area contributed by atoms with E-state index in [9.17, 15) is 4.79 Å². The van der Waals surface area contributed by atoms with Crippen molar-refractivity contribution in [2.45, 2.75) is 19.4 Å². The standard InChI is InChI=1S/C14H21N3OS/c1-10-3-4-13(12(15)7-10)16-14(18)8-17(2)11-5-6-19-9-11/h3-4,7,11H,5-6,8-9,15H2,1-2H3,(H,16,18). The van der Waals surface area contributed by atoms with E-state index in [1.165, 1.54) is 12.2 Å². The molecule has 104 valence electrons. The lowest BCUT2D eigenvalue weighted by Crippen LogP contribution is -2.38. The molecular weight excluding hydrogens is 258 g/mol. The van der Waals surface area contributed by atoms with Crippen LogP contribution in [-0.2, 0) is 4.79 Å². The maximum atomic E-state index is 12.0. The van der Waals surface area contributed by atoms with Gasteiger partial charge in [0.15, 0.2) is 0 Å². The summed E-state index contributed by atoms with van der Waals surface area (Å²) in [6, 6.07) is 6.19.